The van der Waals surface area contributed by atoms with Gasteiger partial charge in [0, 0.05) is 25.6 Å². The molecule has 2 aliphatic heterocycles. The summed E-state index contributed by atoms with van der Waals surface area (Å²) in [6.07, 6.45) is 6.61. The fraction of sp³-hybridized carbons (Fsp3) is 0.600. The zero-order chi connectivity index (χ0) is 17.6. The number of amides is 1. The van der Waals surface area contributed by atoms with Crippen molar-refractivity contribution in [3.8, 4) is 0 Å². The number of carbonyl (C=O) groups is 2. The molecule has 1 unspecified atom stereocenters. The average molecular weight is 344 g/mol. The second kappa shape index (κ2) is 8.48. The number of nitrogens with zero attached hydrogens (tertiary/aromatic N) is 2. The Bertz CT molecular complexity index is 593. The highest BCUT2D eigenvalue weighted by Gasteiger charge is 2.27. The number of methoxy groups -OCH3 is 1. The van der Waals surface area contributed by atoms with Gasteiger partial charge >= 0.3 is 5.97 Å². The minimum absolute atomic E-state index is 0.247. The van der Waals surface area contributed by atoms with E-state index >= 15 is 0 Å². The first-order chi connectivity index (χ1) is 12.2. The lowest BCUT2D eigenvalue weighted by Crippen LogP contribution is -2.39. The molecular formula is C20H28N2O3. The van der Waals surface area contributed by atoms with Crippen molar-refractivity contribution in [3.63, 3.8) is 0 Å². The summed E-state index contributed by atoms with van der Waals surface area (Å²) in [5, 5.41) is 0. The minimum atomic E-state index is -0.332. The summed E-state index contributed by atoms with van der Waals surface area (Å²) in [5.74, 6) is -0.0849. The van der Waals surface area contributed by atoms with Gasteiger partial charge in [0.15, 0.2) is 0 Å². The molecular weight excluding hydrogens is 316 g/mol. The summed E-state index contributed by atoms with van der Waals surface area (Å²) in [6, 6.07) is 7.90. The number of hydrogen-bond donors (Lipinski definition) is 0. The van der Waals surface area contributed by atoms with Gasteiger partial charge in [0.25, 0.3) is 0 Å². The van der Waals surface area contributed by atoms with Crippen molar-refractivity contribution >= 4 is 11.9 Å². The summed E-state index contributed by atoms with van der Waals surface area (Å²) in [5.41, 5.74) is 1.59. The lowest BCUT2D eigenvalue weighted by molar-refractivity contribution is -0.131. The smallest absolute Gasteiger partial charge is 0.337 e. The van der Waals surface area contributed by atoms with Crippen molar-refractivity contribution in [2.24, 2.45) is 0 Å². The summed E-state index contributed by atoms with van der Waals surface area (Å²) in [6.45, 7) is 3.81. The van der Waals surface area contributed by atoms with E-state index in [1.807, 2.05) is 17.0 Å². The molecule has 2 heterocycles. The highest BCUT2D eigenvalue weighted by molar-refractivity contribution is 5.89. The molecule has 0 radical (unpaired) electrons. The number of ether oxygens (including phenoxy) is 1. The third kappa shape index (κ3) is 4.60. The maximum atomic E-state index is 12.5. The highest BCUT2D eigenvalue weighted by atomic mass is 16.5. The van der Waals surface area contributed by atoms with Gasteiger partial charge in [0.05, 0.1) is 12.7 Å². The molecule has 1 aromatic rings. The Labute approximate surface area is 149 Å². The third-order valence-corrected chi connectivity index (χ3v) is 5.43. The van der Waals surface area contributed by atoms with E-state index in [0.717, 1.165) is 24.9 Å². The van der Waals surface area contributed by atoms with Crippen LogP contribution in [-0.4, -0.2) is 54.5 Å². The number of piperidine rings is 1. The highest BCUT2D eigenvalue weighted by Crippen LogP contribution is 2.22. The molecule has 1 atom stereocenters. The van der Waals surface area contributed by atoms with Gasteiger partial charge in [-0.05, 0) is 56.5 Å². The van der Waals surface area contributed by atoms with E-state index in [1.165, 1.54) is 39.5 Å². The fourth-order valence-corrected chi connectivity index (χ4v) is 3.92. The van der Waals surface area contributed by atoms with Gasteiger partial charge in [0.2, 0.25) is 5.91 Å². The van der Waals surface area contributed by atoms with E-state index in [4.69, 9.17) is 4.74 Å². The summed E-state index contributed by atoms with van der Waals surface area (Å²) in [4.78, 5) is 28.6. The average Bonchev–Trinajstić information content (AvgIpc) is 2.84. The lowest BCUT2D eigenvalue weighted by atomic mass is 10.0. The van der Waals surface area contributed by atoms with Crippen molar-refractivity contribution < 1.29 is 14.3 Å². The molecule has 3 rings (SSSR count). The van der Waals surface area contributed by atoms with Crippen molar-refractivity contribution in [3.05, 3.63) is 35.4 Å². The standard InChI is InChI=1S/C20H28N2O3/c1-25-20(24)17-7-5-16(6-8-17)15-22-14-11-18(9-10-19(22)23)21-12-3-2-4-13-21/h5-8,18H,2-4,9-15H2,1H3. The quantitative estimate of drug-likeness (QED) is 0.788. The van der Waals surface area contributed by atoms with Crippen molar-refractivity contribution in [2.75, 3.05) is 26.7 Å². The Morgan fingerprint density at radius 1 is 1.08 bits per heavy atom. The van der Waals surface area contributed by atoms with Crippen LogP contribution in [0.4, 0.5) is 0 Å². The van der Waals surface area contributed by atoms with Crippen LogP contribution in [0.2, 0.25) is 0 Å². The Balaban J connectivity index is 1.58. The number of rotatable bonds is 4. The Morgan fingerprint density at radius 3 is 2.48 bits per heavy atom. The van der Waals surface area contributed by atoms with Gasteiger partial charge in [-0.1, -0.05) is 18.6 Å². The van der Waals surface area contributed by atoms with Crippen LogP contribution in [0.3, 0.4) is 0 Å². The SMILES string of the molecule is COC(=O)c1ccc(CN2CCC(N3CCCCC3)CCC2=O)cc1. The summed E-state index contributed by atoms with van der Waals surface area (Å²) in [7, 11) is 1.38. The summed E-state index contributed by atoms with van der Waals surface area (Å²) < 4.78 is 4.72. The molecule has 2 fully saturated rings. The summed E-state index contributed by atoms with van der Waals surface area (Å²) >= 11 is 0. The van der Waals surface area contributed by atoms with Crippen LogP contribution < -0.4 is 0 Å². The maximum absolute atomic E-state index is 12.5. The Hall–Kier alpha value is -1.88. The third-order valence-electron chi connectivity index (χ3n) is 5.43. The van der Waals surface area contributed by atoms with Crippen LogP contribution in [0.25, 0.3) is 0 Å². The normalized spacial score (nSPS) is 22.5. The largest absolute Gasteiger partial charge is 0.465 e. The van der Waals surface area contributed by atoms with Crippen LogP contribution in [0.1, 0.15) is 54.4 Å². The van der Waals surface area contributed by atoms with Gasteiger partial charge in [-0.2, -0.15) is 0 Å². The number of likely N-dealkylation sites (tertiary alicyclic amines) is 2. The first-order valence-electron chi connectivity index (χ1n) is 9.36. The maximum Gasteiger partial charge on any atom is 0.337 e. The molecule has 1 aromatic carbocycles. The van der Waals surface area contributed by atoms with Gasteiger partial charge < -0.3 is 14.5 Å². The fourth-order valence-electron chi connectivity index (χ4n) is 3.92. The van der Waals surface area contributed by atoms with Crippen molar-refractivity contribution in [1.82, 2.24) is 9.80 Å². The van der Waals surface area contributed by atoms with E-state index in [0.29, 0.717) is 24.6 Å². The predicted molar refractivity (Wildman–Crippen MR) is 96.3 cm³/mol. The monoisotopic (exact) mass is 344 g/mol. The van der Waals surface area contributed by atoms with Gasteiger partial charge in [0.1, 0.15) is 0 Å². The molecule has 1 amide bonds. The molecule has 2 saturated heterocycles. The number of esters is 1. The van der Waals surface area contributed by atoms with Gasteiger partial charge in [-0.25, -0.2) is 4.79 Å². The van der Waals surface area contributed by atoms with Crippen LogP contribution in [-0.2, 0) is 16.1 Å². The van der Waals surface area contributed by atoms with Gasteiger partial charge in [-0.3, -0.25) is 4.79 Å². The lowest BCUT2D eigenvalue weighted by Gasteiger charge is -2.34. The number of hydrogen-bond acceptors (Lipinski definition) is 4. The molecule has 5 nitrogen and oxygen atoms in total. The zero-order valence-electron chi connectivity index (χ0n) is 15.1. The number of carbonyl (C=O) groups excluding carboxylic acids is 2. The topological polar surface area (TPSA) is 49.9 Å². The predicted octanol–water partition coefficient (Wildman–Crippen LogP) is 2.84. The zero-order valence-corrected chi connectivity index (χ0v) is 15.1. The number of benzene rings is 1. The molecule has 0 aromatic heterocycles. The first kappa shape index (κ1) is 17.9. The second-order valence-electron chi connectivity index (χ2n) is 7.08. The van der Waals surface area contributed by atoms with E-state index in [-0.39, 0.29) is 11.9 Å². The van der Waals surface area contributed by atoms with E-state index in [2.05, 4.69) is 4.90 Å². The van der Waals surface area contributed by atoms with E-state index < -0.39 is 0 Å². The molecule has 0 bridgehead atoms. The molecule has 0 spiro atoms. The van der Waals surface area contributed by atoms with E-state index in [1.54, 1.807) is 12.1 Å². The molecule has 0 aliphatic carbocycles. The van der Waals surface area contributed by atoms with Crippen LogP contribution in [0.5, 0.6) is 0 Å². The van der Waals surface area contributed by atoms with Gasteiger partial charge in [-0.15, -0.1) is 0 Å². The first-order valence-corrected chi connectivity index (χ1v) is 9.36. The minimum Gasteiger partial charge on any atom is -0.465 e. The molecule has 0 N–H and O–H groups in total. The van der Waals surface area contributed by atoms with Crippen molar-refractivity contribution in [1.29, 1.82) is 0 Å². The molecule has 0 saturated carbocycles. The molecule has 2 aliphatic rings. The molecule has 25 heavy (non-hydrogen) atoms. The Morgan fingerprint density at radius 2 is 1.80 bits per heavy atom. The Kier molecular flexibility index (Phi) is 6.08. The molecule has 5 heteroatoms. The molecule has 136 valence electrons. The second-order valence-corrected chi connectivity index (χ2v) is 7.08. The van der Waals surface area contributed by atoms with Crippen molar-refractivity contribution in [2.45, 2.75) is 51.1 Å². The van der Waals surface area contributed by atoms with Crippen LogP contribution in [0, 0.1) is 0 Å². The van der Waals surface area contributed by atoms with Crippen LogP contribution >= 0.6 is 0 Å². The van der Waals surface area contributed by atoms with E-state index in [9.17, 15) is 9.59 Å². The van der Waals surface area contributed by atoms with Crippen LogP contribution in [0.15, 0.2) is 24.3 Å².